The van der Waals surface area contributed by atoms with Gasteiger partial charge in [0.05, 0.1) is 24.6 Å². The molecule has 31 heavy (non-hydrogen) atoms. The molecule has 5 rings (SSSR count). The molecular formula is C23H21ClN4O2S. The van der Waals surface area contributed by atoms with E-state index in [1.807, 2.05) is 54.6 Å². The highest BCUT2D eigenvalue weighted by Crippen LogP contribution is 2.30. The van der Waals surface area contributed by atoms with Crippen LogP contribution in [0.4, 0.5) is 0 Å². The average Bonchev–Trinajstić information content (AvgIpc) is 3.56. The molecule has 1 aliphatic heterocycles. The highest BCUT2D eigenvalue weighted by atomic mass is 35.5. The summed E-state index contributed by atoms with van der Waals surface area (Å²) in [6.07, 6.45) is 4.07. The molecule has 6 nitrogen and oxygen atoms in total. The van der Waals surface area contributed by atoms with Gasteiger partial charge < -0.3 is 9.15 Å². The van der Waals surface area contributed by atoms with Gasteiger partial charge in [0.2, 0.25) is 5.89 Å². The Kier molecular flexibility index (Phi) is 6.06. The van der Waals surface area contributed by atoms with Crippen molar-refractivity contribution in [1.29, 1.82) is 0 Å². The first-order valence-electron chi connectivity index (χ1n) is 10.2. The quantitative estimate of drug-likeness (QED) is 0.334. The van der Waals surface area contributed by atoms with E-state index in [0.717, 1.165) is 47.3 Å². The molecule has 1 unspecified atom stereocenters. The molecule has 0 amide bonds. The van der Waals surface area contributed by atoms with Crippen LogP contribution in [0.2, 0.25) is 5.02 Å². The normalized spacial score (nSPS) is 16.1. The lowest BCUT2D eigenvalue weighted by Crippen LogP contribution is -2.16. The van der Waals surface area contributed by atoms with Crippen LogP contribution in [0.5, 0.6) is 0 Å². The van der Waals surface area contributed by atoms with Crippen molar-refractivity contribution in [1.82, 2.24) is 19.7 Å². The molecule has 2 aromatic heterocycles. The maximum Gasteiger partial charge on any atom is 0.205 e. The fourth-order valence-corrected chi connectivity index (χ4v) is 4.53. The van der Waals surface area contributed by atoms with Gasteiger partial charge in [0, 0.05) is 22.8 Å². The minimum Gasteiger partial charge on any atom is -0.440 e. The van der Waals surface area contributed by atoms with E-state index in [0.29, 0.717) is 23.2 Å². The van der Waals surface area contributed by atoms with E-state index in [1.54, 1.807) is 18.0 Å². The molecule has 1 atom stereocenters. The van der Waals surface area contributed by atoms with Crippen LogP contribution in [0.25, 0.3) is 22.7 Å². The summed E-state index contributed by atoms with van der Waals surface area (Å²) in [6, 6.07) is 17.6. The van der Waals surface area contributed by atoms with Crippen LogP contribution in [0, 0.1) is 0 Å². The second-order valence-electron chi connectivity index (χ2n) is 7.33. The van der Waals surface area contributed by atoms with Crippen LogP contribution in [-0.4, -0.2) is 32.5 Å². The lowest BCUT2D eigenvalue weighted by atomic mass is 10.2. The van der Waals surface area contributed by atoms with Gasteiger partial charge in [0.25, 0.3) is 0 Å². The summed E-state index contributed by atoms with van der Waals surface area (Å²) in [4.78, 5) is 4.43. The number of nitrogens with zero attached hydrogens (tertiary/aromatic N) is 4. The monoisotopic (exact) mass is 452 g/mol. The van der Waals surface area contributed by atoms with Gasteiger partial charge in [0.1, 0.15) is 0 Å². The first-order chi connectivity index (χ1) is 15.3. The van der Waals surface area contributed by atoms with Crippen molar-refractivity contribution in [3.8, 4) is 22.7 Å². The molecule has 1 saturated heterocycles. The van der Waals surface area contributed by atoms with Gasteiger partial charge in [-0.1, -0.05) is 53.7 Å². The Bertz CT molecular complexity index is 1140. The summed E-state index contributed by atoms with van der Waals surface area (Å²) in [5.41, 5.74) is 1.99. The Hall–Kier alpha value is -2.61. The molecule has 0 saturated carbocycles. The van der Waals surface area contributed by atoms with Crippen LogP contribution in [-0.2, 0) is 17.0 Å². The van der Waals surface area contributed by atoms with Crippen LogP contribution in [0.1, 0.15) is 18.7 Å². The van der Waals surface area contributed by atoms with E-state index in [4.69, 9.17) is 20.8 Å². The van der Waals surface area contributed by atoms with Gasteiger partial charge in [-0.25, -0.2) is 4.98 Å². The fraction of sp³-hybridized carbons (Fsp3) is 0.261. The molecule has 0 N–H and O–H groups in total. The summed E-state index contributed by atoms with van der Waals surface area (Å²) in [6.45, 7) is 1.53. The number of ether oxygens (including phenoxy) is 1. The minimum absolute atomic E-state index is 0.174. The summed E-state index contributed by atoms with van der Waals surface area (Å²) < 4.78 is 13.9. The third kappa shape index (κ3) is 4.69. The van der Waals surface area contributed by atoms with Gasteiger partial charge in [0.15, 0.2) is 16.7 Å². The number of benzene rings is 2. The largest absolute Gasteiger partial charge is 0.440 e. The van der Waals surface area contributed by atoms with Crippen molar-refractivity contribution in [2.24, 2.45) is 0 Å². The van der Waals surface area contributed by atoms with Crippen molar-refractivity contribution >= 4 is 23.4 Å². The van der Waals surface area contributed by atoms with Crippen molar-refractivity contribution < 1.29 is 9.15 Å². The zero-order chi connectivity index (χ0) is 21.0. The number of aromatic nitrogens is 4. The predicted octanol–water partition coefficient (Wildman–Crippen LogP) is 5.72. The van der Waals surface area contributed by atoms with Crippen LogP contribution < -0.4 is 0 Å². The molecule has 0 radical (unpaired) electrons. The smallest absolute Gasteiger partial charge is 0.205 e. The molecule has 0 spiro atoms. The third-order valence-electron chi connectivity index (χ3n) is 5.17. The molecule has 1 fully saturated rings. The second kappa shape index (κ2) is 9.26. The Morgan fingerprint density at radius 1 is 1.03 bits per heavy atom. The molecule has 4 aromatic rings. The van der Waals surface area contributed by atoms with E-state index < -0.39 is 0 Å². The highest BCUT2D eigenvalue weighted by molar-refractivity contribution is 7.98. The van der Waals surface area contributed by atoms with E-state index in [9.17, 15) is 0 Å². The highest BCUT2D eigenvalue weighted by Gasteiger charge is 2.22. The standard InChI is InChI=1S/C23H21ClN4O2S/c24-18-10-8-17(9-11-18)22-26-27-23(28(22)14-19-7-4-12-29-19)31-15-21-25-13-20(30-21)16-5-2-1-3-6-16/h1-3,5-6,8-11,13,19H,4,7,12,14-15H2. The van der Waals surface area contributed by atoms with E-state index >= 15 is 0 Å². The molecule has 158 valence electrons. The lowest BCUT2D eigenvalue weighted by Gasteiger charge is -2.14. The molecule has 0 bridgehead atoms. The molecule has 1 aliphatic rings. The SMILES string of the molecule is Clc1ccc(-c2nnc(SCc3ncc(-c4ccccc4)o3)n2CC2CCCO2)cc1. The second-order valence-corrected chi connectivity index (χ2v) is 8.71. The van der Waals surface area contributed by atoms with E-state index in [2.05, 4.69) is 19.7 Å². The van der Waals surface area contributed by atoms with Crippen LogP contribution in [0.3, 0.4) is 0 Å². The summed E-state index contributed by atoms with van der Waals surface area (Å²) in [5.74, 6) is 2.80. The van der Waals surface area contributed by atoms with Gasteiger partial charge in [-0.2, -0.15) is 0 Å². The van der Waals surface area contributed by atoms with Gasteiger partial charge in [-0.15, -0.1) is 10.2 Å². The zero-order valence-electron chi connectivity index (χ0n) is 16.8. The Morgan fingerprint density at radius 2 is 1.87 bits per heavy atom. The molecule has 2 aromatic carbocycles. The van der Waals surface area contributed by atoms with Gasteiger partial charge in [-0.05, 0) is 37.1 Å². The van der Waals surface area contributed by atoms with Gasteiger partial charge in [-0.3, -0.25) is 4.57 Å². The number of thioether (sulfide) groups is 1. The summed E-state index contributed by atoms with van der Waals surface area (Å²) in [7, 11) is 0. The molecule has 0 aliphatic carbocycles. The van der Waals surface area contributed by atoms with Crippen molar-refractivity contribution in [3.63, 3.8) is 0 Å². The van der Waals surface area contributed by atoms with Crippen LogP contribution in [0.15, 0.2) is 70.4 Å². The summed E-state index contributed by atoms with van der Waals surface area (Å²) in [5, 5.41) is 10.4. The maximum atomic E-state index is 6.06. The molecular weight excluding hydrogens is 432 g/mol. The molecule has 8 heteroatoms. The summed E-state index contributed by atoms with van der Waals surface area (Å²) >= 11 is 7.62. The van der Waals surface area contributed by atoms with Crippen molar-refractivity contribution in [2.45, 2.75) is 36.4 Å². The first-order valence-corrected chi connectivity index (χ1v) is 11.6. The van der Waals surface area contributed by atoms with Gasteiger partial charge >= 0.3 is 0 Å². The number of hydrogen-bond donors (Lipinski definition) is 0. The lowest BCUT2D eigenvalue weighted by molar-refractivity contribution is 0.0953. The van der Waals surface area contributed by atoms with Crippen molar-refractivity contribution in [3.05, 3.63) is 71.7 Å². The van der Waals surface area contributed by atoms with E-state index in [1.165, 1.54) is 0 Å². The maximum absolute atomic E-state index is 6.06. The predicted molar refractivity (Wildman–Crippen MR) is 121 cm³/mol. The number of oxazole rings is 1. The van der Waals surface area contributed by atoms with Crippen LogP contribution >= 0.6 is 23.4 Å². The number of rotatable bonds is 7. The zero-order valence-corrected chi connectivity index (χ0v) is 18.4. The number of halogens is 1. The third-order valence-corrected chi connectivity index (χ3v) is 6.37. The topological polar surface area (TPSA) is 66.0 Å². The Morgan fingerprint density at radius 3 is 2.65 bits per heavy atom. The van der Waals surface area contributed by atoms with Crippen molar-refractivity contribution in [2.75, 3.05) is 6.61 Å². The Balaban J connectivity index is 1.37. The first kappa shape index (κ1) is 20.3. The average molecular weight is 453 g/mol. The minimum atomic E-state index is 0.174. The Labute approximate surface area is 189 Å². The fourth-order valence-electron chi connectivity index (χ4n) is 3.60. The molecule has 3 heterocycles. The van der Waals surface area contributed by atoms with E-state index in [-0.39, 0.29) is 6.10 Å². The number of hydrogen-bond acceptors (Lipinski definition) is 6.